The van der Waals surface area contributed by atoms with Crippen LogP contribution in [0.1, 0.15) is 0 Å². The standard InChI is InChI=1S/C12H10Cl2N2OS/c13-10-9(6-8(15)12(16)11(10)14)18(17)7-4-2-1-3-5-7/h1-6H,15-16H2. The van der Waals surface area contributed by atoms with E-state index in [1.165, 1.54) is 6.07 Å². The van der Waals surface area contributed by atoms with E-state index in [2.05, 4.69) is 0 Å². The number of nitrogen functional groups attached to an aromatic ring is 2. The van der Waals surface area contributed by atoms with Crippen molar-refractivity contribution in [3.8, 4) is 0 Å². The van der Waals surface area contributed by atoms with Crippen molar-refractivity contribution in [2.45, 2.75) is 9.79 Å². The molecule has 0 aliphatic carbocycles. The summed E-state index contributed by atoms with van der Waals surface area (Å²) >= 11 is 12.0. The monoisotopic (exact) mass is 300 g/mol. The highest BCUT2D eigenvalue weighted by Crippen LogP contribution is 2.38. The number of hydrogen-bond acceptors (Lipinski definition) is 3. The Labute approximate surface area is 117 Å². The molecule has 0 saturated heterocycles. The molecule has 0 aromatic heterocycles. The third kappa shape index (κ3) is 2.32. The number of nitrogens with two attached hydrogens (primary N) is 2. The molecule has 0 bridgehead atoms. The summed E-state index contributed by atoms with van der Waals surface area (Å²) in [5.74, 6) is 0. The zero-order chi connectivity index (χ0) is 13.3. The minimum absolute atomic E-state index is 0.135. The highest BCUT2D eigenvalue weighted by molar-refractivity contribution is 7.85. The lowest BCUT2D eigenvalue weighted by Crippen LogP contribution is -2.01. The molecular formula is C12H10Cl2N2OS. The quantitative estimate of drug-likeness (QED) is 0.836. The molecule has 0 heterocycles. The van der Waals surface area contributed by atoms with Crippen molar-refractivity contribution in [3.63, 3.8) is 0 Å². The van der Waals surface area contributed by atoms with Crippen LogP contribution in [0.2, 0.25) is 10.0 Å². The third-order valence-electron chi connectivity index (χ3n) is 2.40. The van der Waals surface area contributed by atoms with E-state index in [1.807, 2.05) is 6.07 Å². The average molecular weight is 301 g/mol. The zero-order valence-electron chi connectivity index (χ0n) is 9.19. The van der Waals surface area contributed by atoms with Gasteiger partial charge in [-0.25, -0.2) is 4.21 Å². The van der Waals surface area contributed by atoms with E-state index in [0.717, 1.165) is 0 Å². The molecule has 6 heteroatoms. The van der Waals surface area contributed by atoms with Crippen molar-refractivity contribution in [1.29, 1.82) is 0 Å². The van der Waals surface area contributed by atoms with Crippen LogP contribution < -0.4 is 11.5 Å². The average Bonchev–Trinajstić information content (AvgIpc) is 2.41. The number of anilines is 2. The summed E-state index contributed by atoms with van der Waals surface area (Å²) in [5.41, 5.74) is 11.8. The lowest BCUT2D eigenvalue weighted by molar-refractivity contribution is 0.683. The van der Waals surface area contributed by atoms with Crippen LogP contribution >= 0.6 is 23.2 Å². The Morgan fingerprint density at radius 2 is 1.61 bits per heavy atom. The van der Waals surface area contributed by atoms with E-state index in [-0.39, 0.29) is 21.4 Å². The molecule has 1 atom stereocenters. The van der Waals surface area contributed by atoms with Crippen LogP contribution in [0.5, 0.6) is 0 Å². The van der Waals surface area contributed by atoms with Crippen molar-refractivity contribution in [2.24, 2.45) is 0 Å². The Hall–Kier alpha value is -1.23. The zero-order valence-corrected chi connectivity index (χ0v) is 11.5. The Morgan fingerprint density at radius 1 is 1.00 bits per heavy atom. The van der Waals surface area contributed by atoms with Crippen LogP contribution in [-0.2, 0) is 10.8 Å². The molecule has 3 nitrogen and oxygen atoms in total. The summed E-state index contributed by atoms with van der Waals surface area (Å²) in [4.78, 5) is 0.985. The van der Waals surface area contributed by atoms with E-state index in [9.17, 15) is 4.21 Å². The van der Waals surface area contributed by atoms with Gasteiger partial charge in [0.05, 0.1) is 37.1 Å². The van der Waals surface area contributed by atoms with E-state index in [1.54, 1.807) is 24.3 Å². The van der Waals surface area contributed by atoms with Gasteiger partial charge in [-0.3, -0.25) is 0 Å². The van der Waals surface area contributed by atoms with Crippen LogP contribution in [0, 0.1) is 0 Å². The van der Waals surface area contributed by atoms with Crippen molar-refractivity contribution in [3.05, 3.63) is 46.4 Å². The highest BCUT2D eigenvalue weighted by atomic mass is 35.5. The van der Waals surface area contributed by atoms with Gasteiger partial charge in [-0.1, -0.05) is 41.4 Å². The molecular weight excluding hydrogens is 291 g/mol. The molecule has 0 saturated carbocycles. The fourth-order valence-electron chi connectivity index (χ4n) is 1.44. The second kappa shape index (κ2) is 5.18. The Bertz CT molecular complexity index is 617. The van der Waals surface area contributed by atoms with Crippen LogP contribution in [0.25, 0.3) is 0 Å². The van der Waals surface area contributed by atoms with Gasteiger partial charge in [0, 0.05) is 4.90 Å². The van der Waals surface area contributed by atoms with Gasteiger partial charge < -0.3 is 11.5 Å². The first-order chi connectivity index (χ1) is 8.52. The van der Waals surface area contributed by atoms with E-state index in [4.69, 9.17) is 34.7 Å². The molecule has 18 heavy (non-hydrogen) atoms. The summed E-state index contributed by atoms with van der Waals surface area (Å²) in [6, 6.07) is 10.4. The first-order valence-corrected chi connectivity index (χ1v) is 6.92. The molecule has 0 fully saturated rings. The van der Waals surface area contributed by atoms with Gasteiger partial charge in [0.25, 0.3) is 0 Å². The summed E-state index contributed by atoms with van der Waals surface area (Å²) in [7, 11) is -1.44. The van der Waals surface area contributed by atoms with Gasteiger partial charge in [-0.2, -0.15) is 0 Å². The molecule has 1 unspecified atom stereocenters. The normalized spacial score (nSPS) is 12.3. The van der Waals surface area contributed by atoms with Gasteiger partial charge in [0.2, 0.25) is 0 Å². The molecule has 94 valence electrons. The summed E-state index contributed by atoms with van der Waals surface area (Å²) in [6.07, 6.45) is 0. The number of rotatable bonds is 2. The predicted octanol–water partition coefficient (Wildman–Crippen LogP) is 3.32. The second-order valence-corrected chi connectivity index (χ2v) is 5.79. The Kier molecular flexibility index (Phi) is 3.80. The van der Waals surface area contributed by atoms with Crippen LogP contribution in [-0.4, -0.2) is 4.21 Å². The molecule has 0 aliphatic rings. The van der Waals surface area contributed by atoms with Crippen LogP contribution in [0.3, 0.4) is 0 Å². The molecule has 0 aliphatic heterocycles. The molecule has 2 aromatic rings. The van der Waals surface area contributed by atoms with Crippen molar-refractivity contribution in [1.82, 2.24) is 0 Å². The van der Waals surface area contributed by atoms with E-state index in [0.29, 0.717) is 9.79 Å². The maximum absolute atomic E-state index is 12.4. The SMILES string of the molecule is Nc1cc(S(=O)c2ccccc2)c(Cl)c(Cl)c1N. The summed E-state index contributed by atoms with van der Waals surface area (Å²) in [5, 5.41) is 0.307. The molecule has 2 aromatic carbocycles. The molecule has 2 rings (SSSR count). The predicted molar refractivity (Wildman–Crippen MR) is 76.4 cm³/mol. The number of hydrogen-bond donors (Lipinski definition) is 2. The maximum atomic E-state index is 12.4. The van der Waals surface area contributed by atoms with Gasteiger partial charge in [0.15, 0.2) is 0 Å². The fourth-order valence-corrected chi connectivity index (χ4v) is 3.23. The minimum atomic E-state index is -1.44. The van der Waals surface area contributed by atoms with Crippen LogP contribution in [0.15, 0.2) is 46.2 Å². The topological polar surface area (TPSA) is 69.1 Å². The van der Waals surface area contributed by atoms with Crippen molar-refractivity contribution < 1.29 is 4.21 Å². The molecule has 0 radical (unpaired) electrons. The summed E-state index contributed by atoms with van der Waals surface area (Å²) in [6.45, 7) is 0. The molecule has 0 spiro atoms. The largest absolute Gasteiger partial charge is 0.397 e. The number of benzene rings is 2. The smallest absolute Gasteiger partial charge is 0.0866 e. The lowest BCUT2D eigenvalue weighted by Gasteiger charge is -2.10. The lowest BCUT2D eigenvalue weighted by atomic mass is 10.3. The van der Waals surface area contributed by atoms with Crippen molar-refractivity contribution >= 4 is 45.4 Å². The molecule has 0 amide bonds. The first-order valence-electron chi connectivity index (χ1n) is 5.02. The second-order valence-electron chi connectivity index (χ2n) is 3.59. The van der Waals surface area contributed by atoms with Crippen LogP contribution in [0.4, 0.5) is 11.4 Å². The number of halogens is 2. The third-order valence-corrected chi connectivity index (χ3v) is 4.82. The minimum Gasteiger partial charge on any atom is -0.397 e. The van der Waals surface area contributed by atoms with Gasteiger partial charge in [0.1, 0.15) is 0 Å². The van der Waals surface area contributed by atoms with Gasteiger partial charge in [-0.15, -0.1) is 0 Å². The summed E-state index contributed by atoms with van der Waals surface area (Å²) < 4.78 is 12.4. The Balaban J connectivity index is 2.56. The van der Waals surface area contributed by atoms with E-state index < -0.39 is 10.8 Å². The highest BCUT2D eigenvalue weighted by Gasteiger charge is 2.17. The maximum Gasteiger partial charge on any atom is 0.0866 e. The Morgan fingerprint density at radius 3 is 2.22 bits per heavy atom. The van der Waals surface area contributed by atoms with Crippen molar-refractivity contribution in [2.75, 3.05) is 11.5 Å². The van der Waals surface area contributed by atoms with E-state index >= 15 is 0 Å². The fraction of sp³-hybridized carbons (Fsp3) is 0. The van der Waals surface area contributed by atoms with Gasteiger partial charge >= 0.3 is 0 Å². The van der Waals surface area contributed by atoms with Gasteiger partial charge in [-0.05, 0) is 18.2 Å². The first kappa shape index (κ1) is 13.2. The molecule has 4 N–H and O–H groups in total.